The Morgan fingerprint density at radius 2 is 1.91 bits per heavy atom. The number of piperazine rings is 1. The summed E-state index contributed by atoms with van der Waals surface area (Å²) in [5.74, 6) is 2.13. The Hall–Kier alpha value is -1.95. The fourth-order valence-corrected chi connectivity index (χ4v) is 2.79. The van der Waals surface area contributed by atoms with E-state index in [-0.39, 0.29) is 12.8 Å². The molecule has 23 heavy (non-hydrogen) atoms. The largest absolute Gasteiger partial charge is 0.454 e. The minimum absolute atomic E-state index is 0.0487. The second-order valence-corrected chi connectivity index (χ2v) is 6.51. The van der Waals surface area contributed by atoms with Gasteiger partial charge in [0.05, 0.1) is 0 Å². The first-order chi connectivity index (χ1) is 11.1. The molecule has 0 aromatic heterocycles. The van der Waals surface area contributed by atoms with Crippen LogP contribution in [0.4, 0.5) is 10.5 Å². The highest BCUT2D eigenvalue weighted by molar-refractivity contribution is 5.89. The Balaban J connectivity index is 1.48. The number of anilines is 1. The zero-order chi connectivity index (χ0) is 16.2. The van der Waals surface area contributed by atoms with Crippen molar-refractivity contribution in [2.75, 3.05) is 44.8 Å². The van der Waals surface area contributed by atoms with Gasteiger partial charge in [0.1, 0.15) is 0 Å². The molecule has 3 rings (SSSR count). The molecule has 0 spiro atoms. The summed E-state index contributed by atoms with van der Waals surface area (Å²) in [6, 6.07) is 5.41. The summed E-state index contributed by atoms with van der Waals surface area (Å²) in [4.78, 5) is 16.7. The lowest BCUT2D eigenvalue weighted by Crippen LogP contribution is -2.50. The predicted molar refractivity (Wildman–Crippen MR) is 89.1 cm³/mol. The van der Waals surface area contributed by atoms with Gasteiger partial charge in [-0.2, -0.15) is 0 Å². The molecule has 0 aliphatic carbocycles. The van der Waals surface area contributed by atoms with Gasteiger partial charge in [0.2, 0.25) is 6.79 Å². The van der Waals surface area contributed by atoms with Crippen LogP contribution in [0, 0.1) is 5.92 Å². The molecule has 0 atom stereocenters. The molecule has 1 aromatic carbocycles. The Labute approximate surface area is 137 Å². The molecule has 2 amide bonds. The summed E-state index contributed by atoms with van der Waals surface area (Å²) < 4.78 is 10.6. The summed E-state index contributed by atoms with van der Waals surface area (Å²) in [7, 11) is 0. The zero-order valence-corrected chi connectivity index (χ0v) is 13.9. The van der Waals surface area contributed by atoms with E-state index >= 15 is 0 Å². The Kier molecular flexibility index (Phi) is 4.91. The highest BCUT2D eigenvalue weighted by Gasteiger charge is 2.21. The van der Waals surface area contributed by atoms with E-state index in [1.807, 2.05) is 17.0 Å². The van der Waals surface area contributed by atoms with Gasteiger partial charge in [0, 0.05) is 37.9 Å². The fraction of sp³-hybridized carbons (Fsp3) is 0.588. The maximum atomic E-state index is 12.4. The predicted octanol–water partition coefficient (Wildman–Crippen LogP) is 2.61. The quantitative estimate of drug-likeness (QED) is 0.927. The van der Waals surface area contributed by atoms with Gasteiger partial charge in [0.15, 0.2) is 11.5 Å². The normalized spacial score (nSPS) is 17.6. The van der Waals surface area contributed by atoms with Crippen LogP contribution in [-0.4, -0.2) is 55.3 Å². The summed E-state index contributed by atoms with van der Waals surface area (Å²) >= 11 is 0. The van der Waals surface area contributed by atoms with E-state index in [0.717, 1.165) is 50.1 Å². The first kappa shape index (κ1) is 15.9. The standard InChI is InChI=1S/C17H25N3O3/c1-13(2)5-6-19-7-9-20(10-8-19)17(21)18-14-3-4-15-16(11-14)23-12-22-15/h3-4,11,13H,5-10,12H2,1-2H3,(H,18,21). The van der Waals surface area contributed by atoms with Gasteiger partial charge in [-0.1, -0.05) is 13.8 Å². The van der Waals surface area contributed by atoms with Crippen LogP contribution in [-0.2, 0) is 0 Å². The van der Waals surface area contributed by atoms with Crippen molar-refractivity contribution in [3.63, 3.8) is 0 Å². The van der Waals surface area contributed by atoms with Crippen LogP contribution in [0.5, 0.6) is 11.5 Å². The van der Waals surface area contributed by atoms with Crippen LogP contribution >= 0.6 is 0 Å². The van der Waals surface area contributed by atoms with Crippen molar-refractivity contribution in [3.05, 3.63) is 18.2 Å². The average Bonchev–Trinajstić information content (AvgIpc) is 3.01. The van der Waals surface area contributed by atoms with Crippen LogP contribution in [0.1, 0.15) is 20.3 Å². The lowest BCUT2D eigenvalue weighted by molar-refractivity contribution is 0.143. The maximum Gasteiger partial charge on any atom is 0.321 e. The summed E-state index contributed by atoms with van der Waals surface area (Å²) in [5.41, 5.74) is 0.737. The molecule has 6 heteroatoms. The van der Waals surface area contributed by atoms with Crippen molar-refractivity contribution in [1.82, 2.24) is 9.80 Å². The number of fused-ring (bicyclic) bond motifs is 1. The van der Waals surface area contributed by atoms with E-state index in [0.29, 0.717) is 5.75 Å². The molecule has 126 valence electrons. The third-order valence-corrected chi connectivity index (χ3v) is 4.31. The van der Waals surface area contributed by atoms with Crippen LogP contribution in [0.2, 0.25) is 0 Å². The minimum Gasteiger partial charge on any atom is -0.454 e. The van der Waals surface area contributed by atoms with E-state index in [2.05, 4.69) is 24.1 Å². The van der Waals surface area contributed by atoms with Gasteiger partial charge in [-0.3, -0.25) is 4.90 Å². The van der Waals surface area contributed by atoms with Crippen molar-refractivity contribution in [2.45, 2.75) is 20.3 Å². The second-order valence-electron chi connectivity index (χ2n) is 6.51. The minimum atomic E-state index is -0.0487. The number of rotatable bonds is 4. The van der Waals surface area contributed by atoms with Crippen molar-refractivity contribution < 1.29 is 14.3 Å². The molecular weight excluding hydrogens is 294 g/mol. The number of nitrogens with one attached hydrogen (secondary N) is 1. The third-order valence-electron chi connectivity index (χ3n) is 4.31. The Bertz CT molecular complexity index is 554. The summed E-state index contributed by atoms with van der Waals surface area (Å²) in [6.45, 7) is 9.29. The number of amides is 2. The van der Waals surface area contributed by atoms with Gasteiger partial charge in [0.25, 0.3) is 0 Å². The van der Waals surface area contributed by atoms with Gasteiger partial charge < -0.3 is 19.7 Å². The molecular formula is C17H25N3O3. The van der Waals surface area contributed by atoms with E-state index in [4.69, 9.17) is 9.47 Å². The van der Waals surface area contributed by atoms with E-state index in [1.54, 1.807) is 6.07 Å². The smallest absolute Gasteiger partial charge is 0.321 e. The van der Waals surface area contributed by atoms with Crippen LogP contribution in [0.15, 0.2) is 18.2 Å². The third kappa shape index (κ3) is 4.07. The molecule has 2 aliphatic heterocycles. The first-order valence-corrected chi connectivity index (χ1v) is 8.30. The number of benzene rings is 1. The van der Waals surface area contributed by atoms with Gasteiger partial charge in [-0.25, -0.2) is 4.79 Å². The average molecular weight is 319 g/mol. The van der Waals surface area contributed by atoms with Crippen LogP contribution < -0.4 is 14.8 Å². The van der Waals surface area contributed by atoms with Crippen molar-refractivity contribution >= 4 is 11.7 Å². The highest BCUT2D eigenvalue weighted by atomic mass is 16.7. The number of hydrogen-bond donors (Lipinski definition) is 1. The molecule has 0 radical (unpaired) electrons. The zero-order valence-electron chi connectivity index (χ0n) is 13.9. The molecule has 2 heterocycles. The topological polar surface area (TPSA) is 54.0 Å². The molecule has 1 saturated heterocycles. The summed E-state index contributed by atoms with van der Waals surface area (Å²) in [6.07, 6.45) is 1.21. The van der Waals surface area contributed by atoms with Crippen LogP contribution in [0.25, 0.3) is 0 Å². The molecule has 0 unspecified atom stereocenters. The van der Waals surface area contributed by atoms with Crippen molar-refractivity contribution in [1.29, 1.82) is 0 Å². The molecule has 1 aromatic rings. The fourth-order valence-electron chi connectivity index (χ4n) is 2.79. The van der Waals surface area contributed by atoms with E-state index in [9.17, 15) is 4.79 Å². The Morgan fingerprint density at radius 1 is 1.17 bits per heavy atom. The number of urea groups is 1. The molecule has 0 saturated carbocycles. The van der Waals surface area contributed by atoms with Crippen molar-refractivity contribution in [3.8, 4) is 11.5 Å². The first-order valence-electron chi connectivity index (χ1n) is 8.30. The number of hydrogen-bond acceptors (Lipinski definition) is 4. The monoisotopic (exact) mass is 319 g/mol. The lowest BCUT2D eigenvalue weighted by Gasteiger charge is -2.35. The van der Waals surface area contributed by atoms with Gasteiger partial charge in [-0.05, 0) is 31.0 Å². The molecule has 6 nitrogen and oxygen atoms in total. The number of carbonyl (C=O) groups excluding carboxylic acids is 1. The van der Waals surface area contributed by atoms with Gasteiger partial charge >= 0.3 is 6.03 Å². The maximum absolute atomic E-state index is 12.4. The highest BCUT2D eigenvalue weighted by Crippen LogP contribution is 2.34. The van der Waals surface area contributed by atoms with E-state index < -0.39 is 0 Å². The molecule has 1 fully saturated rings. The summed E-state index contributed by atoms with van der Waals surface area (Å²) in [5, 5.41) is 2.94. The van der Waals surface area contributed by atoms with E-state index in [1.165, 1.54) is 6.42 Å². The molecule has 2 aliphatic rings. The number of nitrogens with zero attached hydrogens (tertiary/aromatic N) is 2. The number of carbonyl (C=O) groups is 1. The molecule has 0 bridgehead atoms. The number of ether oxygens (including phenoxy) is 2. The van der Waals surface area contributed by atoms with Gasteiger partial charge in [-0.15, -0.1) is 0 Å². The van der Waals surface area contributed by atoms with Crippen LogP contribution in [0.3, 0.4) is 0 Å². The van der Waals surface area contributed by atoms with Crippen molar-refractivity contribution in [2.24, 2.45) is 5.92 Å². The Morgan fingerprint density at radius 3 is 2.65 bits per heavy atom. The molecule has 1 N–H and O–H groups in total. The second kappa shape index (κ2) is 7.08. The SMILES string of the molecule is CC(C)CCN1CCN(C(=O)Nc2ccc3c(c2)OCO3)CC1. The lowest BCUT2D eigenvalue weighted by atomic mass is 10.1.